The highest BCUT2D eigenvalue weighted by Crippen LogP contribution is 2.10. The monoisotopic (exact) mass is 263 g/mol. The van der Waals surface area contributed by atoms with Crippen LogP contribution < -0.4 is 5.32 Å². The van der Waals surface area contributed by atoms with Crippen molar-refractivity contribution in [1.82, 2.24) is 5.32 Å². The van der Waals surface area contributed by atoms with E-state index in [1.165, 1.54) is 18.1 Å². The van der Waals surface area contributed by atoms with E-state index in [2.05, 4.69) is 53.6 Å². The van der Waals surface area contributed by atoms with Crippen LogP contribution >= 0.6 is 0 Å². The van der Waals surface area contributed by atoms with Crippen molar-refractivity contribution in [1.29, 1.82) is 0 Å². The van der Waals surface area contributed by atoms with Crippen LogP contribution in [-0.2, 0) is 11.2 Å². The molecule has 0 aromatic heterocycles. The molecule has 1 amide bonds. The lowest BCUT2D eigenvalue weighted by Crippen LogP contribution is -2.19. The molecule has 2 aromatic carbocycles. The third-order valence-corrected chi connectivity index (χ3v) is 2.86. The zero-order chi connectivity index (χ0) is 14.2. The summed E-state index contributed by atoms with van der Waals surface area (Å²) < 4.78 is 0. The molecule has 0 saturated heterocycles. The standard InChI is InChI=1S/C18H17NO/c1-15(20)19-13-5-8-16-9-11-18(12-10-16)14-17-6-3-2-4-7-17/h2-4,6-7,9-12H,13-14H2,1H3,(H,19,20). The number of carbonyl (C=O) groups is 1. The van der Waals surface area contributed by atoms with Gasteiger partial charge >= 0.3 is 0 Å². The summed E-state index contributed by atoms with van der Waals surface area (Å²) in [6.07, 6.45) is 0.931. The second-order valence-corrected chi connectivity index (χ2v) is 4.57. The Morgan fingerprint density at radius 1 is 1.00 bits per heavy atom. The molecule has 0 bridgehead atoms. The van der Waals surface area contributed by atoms with Gasteiger partial charge in [-0.25, -0.2) is 0 Å². The number of hydrogen-bond acceptors (Lipinski definition) is 1. The van der Waals surface area contributed by atoms with E-state index >= 15 is 0 Å². The first-order valence-corrected chi connectivity index (χ1v) is 6.60. The van der Waals surface area contributed by atoms with E-state index in [4.69, 9.17) is 0 Å². The SMILES string of the molecule is CC(=O)NCC#Cc1ccc(Cc2ccccc2)cc1. The highest BCUT2D eigenvalue weighted by atomic mass is 16.1. The van der Waals surface area contributed by atoms with Gasteiger partial charge in [0.1, 0.15) is 0 Å². The minimum atomic E-state index is -0.0579. The van der Waals surface area contributed by atoms with Gasteiger partial charge in [0.05, 0.1) is 6.54 Å². The molecule has 0 radical (unpaired) electrons. The van der Waals surface area contributed by atoms with Crippen LogP contribution in [0.5, 0.6) is 0 Å². The molecule has 0 heterocycles. The summed E-state index contributed by atoms with van der Waals surface area (Å²) in [4.78, 5) is 10.7. The number of hydrogen-bond donors (Lipinski definition) is 1. The normalized spacial score (nSPS) is 9.45. The Morgan fingerprint density at radius 3 is 2.30 bits per heavy atom. The van der Waals surface area contributed by atoms with Crippen molar-refractivity contribution in [3.05, 3.63) is 71.3 Å². The van der Waals surface area contributed by atoms with Crippen LogP contribution in [0.25, 0.3) is 0 Å². The lowest BCUT2D eigenvalue weighted by Gasteiger charge is -2.01. The third-order valence-electron chi connectivity index (χ3n) is 2.86. The fourth-order valence-corrected chi connectivity index (χ4v) is 1.85. The topological polar surface area (TPSA) is 29.1 Å². The predicted molar refractivity (Wildman–Crippen MR) is 81.3 cm³/mol. The smallest absolute Gasteiger partial charge is 0.217 e. The Balaban J connectivity index is 1.94. The van der Waals surface area contributed by atoms with E-state index in [9.17, 15) is 4.79 Å². The maximum atomic E-state index is 10.7. The second-order valence-electron chi connectivity index (χ2n) is 4.57. The molecule has 100 valence electrons. The minimum absolute atomic E-state index is 0.0579. The van der Waals surface area contributed by atoms with Gasteiger partial charge < -0.3 is 5.32 Å². The Kier molecular flexibility index (Phi) is 4.97. The quantitative estimate of drug-likeness (QED) is 0.848. The van der Waals surface area contributed by atoms with Crippen molar-refractivity contribution in [3.63, 3.8) is 0 Å². The molecule has 20 heavy (non-hydrogen) atoms. The molecule has 0 saturated carbocycles. The lowest BCUT2D eigenvalue weighted by molar-refractivity contribution is -0.118. The molecule has 2 aromatic rings. The zero-order valence-electron chi connectivity index (χ0n) is 11.5. The van der Waals surface area contributed by atoms with Crippen molar-refractivity contribution in [2.24, 2.45) is 0 Å². The van der Waals surface area contributed by atoms with Crippen LogP contribution in [-0.4, -0.2) is 12.5 Å². The summed E-state index contributed by atoms with van der Waals surface area (Å²) in [5, 5.41) is 2.65. The van der Waals surface area contributed by atoms with Gasteiger partial charge in [-0.3, -0.25) is 4.79 Å². The number of amides is 1. The Bertz CT molecular complexity index is 618. The summed E-state index contributed by atoms with van der Waals surface area (Å²) in [7, 11) is 0. The van der Waals surface area contributed by atoms with Crippen molar-refractivity contribution in [2.45, 2.75) is 13.3 Å². The Labute approximate surface area is 119 Å². The fourth-order valence-electron chi connectivity index (χ4n) is 1.85. The number of nitrogens with one attached hydrogen (secondary N) is 1. The first-order valence-electron chi connectivity index (χ1n) is 6.60. The molecule has 0 atom stereocenters. The van der Waals surface area contributed by atoms with Gasteiger partial charge in [0.15, 0.2) is 0 Å². The summed E-state index contributed by atoms with van der Waals surface area (Å²) in [6.45, 7) is 1.88. The van der Waals surface area contributed by atoms with Gasteiger partial charge in [-0.15, -0.1) is 0 Å². The molecule has 2 heteroatoms. The van der Waals surface area contributed by atoms with Crippen molar-refractivity contribution >= 4 is 5.91 Å². The zero-order valence-corrected chi connectivity index (χ0v) is 11.5. The van der Waals surface area contributed by atoms with E-state index < -0.39 is 0 Å². The van der Waals surface area contributed by atoms with Gasteiger partial charge in [0.2, 0.25) is 5.91 Å². The van der Waals surface area contributed by atoms with Crippen LogP contribution in [0.4, 0.5) is 0 Å². The van der Waals surface area contributed by atoms with Gasteiger partial charge in [-0.1, -0.05) is 54.3 Å². The second kappa shape index (κ2) is 7.16. The van der Waals surface area contributed by atoms with E-state index in [0.717, 1.165) is 12.0 Å². The Hall–Kier alpha value is -2.53. The van der Waals surface area contributed by atoms with Gasteiger partial charge in [-0.05, 0) is 29.7 Å². The molecule has 0 spiro atoms. The largest absolute Gasteiger partial charge is 0.345 e. The van der Waals surface area contributed by atoms with Gasteiger partial charge in [-0.2, -0.15) is 0 Å². The maximum absolute atomic E-state index is 10.7. The number of carbonyl (C=O) groups excluding carboxylic acids is 1. The summed E-state index contributed by atoms with van der Waals surface area (Å²) in [5.74, 6) is 5.89. The van der Waals surface area contributed by atoms with E-state index in [1.54, 1.807) is 0 Å². The predicted octanol–water partition coefficient (Wildman–Crippen LogP) is 2.77. The minimum Gasteiger partial charge on any atom is -0.345 e. The molecule has 1 N–H and O–H groups in total. The molecular weight excluding hydrogens is 246 g/mol. The van der Waals surface area contributed by atoms with Crippen LogP contribution in [0.1, 0.15) is 23.6 Å². The van der Waals surface area contributed by atoms with Crippen molar-refractivity contribution < 1.29 is 4.79 Å². The van der Waals surface area contributed by atoms with Crippen molar-refractivity contribution in [2.75, 3.05) is 6.54 Å². The first-order chi connectivity index (χ1) is 9.74. The molecule has 2 rings (SSSR count). The molecular formula is C18H17NO. The number of rotatable bonds is 3. The molecule has 2 nitrogen and oxygen atoms in total. The summed E-state index contributed by atoms with van der Waals surface area (Å²) in [5.41, 5.74) is 3.53. The summed E-state index contributed by atoms with van der Waals surface area (Å²) >= 11 is 0. The van der Waals surface area contributed by atoms with Gasteiger partial charge in [0.25, 0.3) is 0 Å². The molecule has 0 aliphatic rings. The average molecular weight is 263 g/mol. The number of benzene rings is 2. The molecule has 0 unspecified atom stereocenters. The maximum Gasteiger partial charge on any atom is 0.217 e. The highest BCUT2D eigenvalue weighted by molar-refractivity contribution is 5.73. The third kappa shape index (κ3) is 4.62. The fraction of sp³-hybridized carbons (Fsp3) is 0.167. The van der Waals surface area contributed by atoms with Crippen LogP contribution in [0.3, 0.4) is 0 Å². The van der Waals surface area contributed by atoms with Gasteiger partial charge in [0, 0.05) is 12.5 Å². The van der Waals surface area contributed by atoms with E-state index in [0.29, 0.717) is 6.54 Å². The van der Waals surface area contributed by atoms with E-state index in [-0.39, 0.29) is 5.91 Å². The first kappa shape index (κ1) is 13.9. The van der Waals surface area contributed by atoms with Crippen molar-refractivity contribution in [3.8, 4) is 11.8 Å². The molecule has 0 aliphatic heterocycles. The summed E-state index contributed by atoms with van der Waals surface area (Å²) in [6, 6.07) is 18.6. The molecule has 0 aliphatic carbocycles. The lowest BCUT2D eigenvalue weighted by atomic mass is 10.0. The average Bonchev–Trinajstić information content (AvgIpc) is 2.46. The molecule has 0 fully saturated rings. The van der Waals surface area contributed by atoms with E-state index in [1.807, 2.05) is 18.2 Å². The van der Waals surface area contributed by atoms with Crippen LogP contribution in [0, 0.1) is 11.8 Å². The van der Waals surface area contributed by atoms with Crippen LogP contribution in [0.2, 0.25) is 0 Å². The Morgan fingerprint density at radius 2 is 1.65 bits per heavy atom. The highest BCUT2D eigenvalue weighted by Gasteiger charge is 1.95. The van der Waals surface area contributed by atoms with Crippen LogP contribution in [0.15, 0.2) is 54.6 Å².